The summed E-state index contributed by atoms with van der Waals surface area (Å²) in [6, 6.07) is 0. The van der Waals surface area contributed by atoms with Gasteiger partial charge in [-0.25, -0.2) is 0 Å². The van der Waals surface area contributed by atoms with Crippen molar-refractivity contribution in [1.82, 2.24) is 4.90 Å². The summed E-state index contributed by atoms with van der Waals surface area (Å²) >= 11 is 0. The lowest BCUT2D eigenvalue weighted by molar-refractivity contribution is -0.134. The summed E-state index contributed by atoms with van der Waals surface area (Å²) in [5, 5.41) is 0. The Morgan fingerprint density at radius 2 is 2.00 bits per heavy atom. The number of carbonyl (C=O) groups is 1. The summed E-state index contributed by atoms with van der Waals surface area (Å²) in [6.45, 7) is 2.09. The van der Waals surface area contributed by atoms with Gasteiger partial charge < -0.3 is 4.90 Å². The van der Waals surface area contributed by atoms with Crippen molar-refractivity contribution in [3.8, 4) is 0 Å². The Kier molecular flexibility index (Phi) is 1.71. The first-order chi connectivity index (χ1) is 4.62. The van der Waals surface area contributed by atoms with Crippen molar-refractivity contribution in [3.05, 3.63) is 0 Å². The van der Waals surface area contributed by atoms with Gasteiger partial charge in [0.25, 0.3) is 0 Å². The van der Waals surface area contributed by atoms with Gasteiger partial charge in [0, 0.05) is 19.5 Å². The van der Waals surface area contributed by atoms with Crippen LogP contribution in [0.1, 0.15) is 26.2 Å². The standard InChI is InChI=1S/C8H15NO/c1-4-8(5-6-8)7(10)9(2)3/h4-6H2,1-3H3. The smallest absolute Gasteiger partial charge is 0.228 e. The topological polar surface area (TPSA) is 20.3 Å². The molecule has 1 rings (SSSR count). The zero-order valence-corrected chi connectivity index (χ0v) is 6.98. The van der Waals surface area contributed by atoms with Crippen LogP contribution in [0.2, 0.25) is 0 Å². The average Bonchev–Trinajstić information content (AvgIpc) is 2.66. The van der Waals surface area contributed by atoms with E-state index in [1.807, 2.05) is 14.1 Å². The van der Waals surface area contributed by atoms with Gasteiger partial charge in [-0.1, -0.05) is 6.92 Å². The third-order valence-electron chi connectivity index (χ3n) is 2.39. The Labute approximate surface area is 62.2 Å². The first kappa shape index (κ1) is 7.58. The lowest BCUT2D eigenvalue weighted by atomic mass is 10.0. The fraction of sp³-hybridized carbons (Fsp3) is 0.875. The van der Waals surface area contributed by atoms with Gasteiger partial charge in [0.2, 0.25) is 5.91 Å². The van der Waals surface area contributed by atoms with E-state index in [-0.39, 0.29) is 5.41 Å². The summed E-state index contributed by atoms with van der Waals surface area (Å²) in [4.78, 5) is 13.1. The lowest BCUT2D eigenvalue weighted by Gasteiger charge is -2.17. The van der Waals surface area contributed by atoms with Crippen molar-refractivity contribution in [1.29, 1.82) is 0 Å². The molecule has 10 heavy (non-hydrogen) atoms. The molecule has 0 N–H and O–H groups in total. The van der Waals surface area contributed by atoms with Crippen molar-refractivity contribution in [2.24, 2.45) is 5.41 Å². The Morgan fingerprint density at radius 3 is 2.10 bits per heavy atom. The molecular weight excluding hydrogens is 126 g/mol. The zero-order valence-electron chi connectivity index (χ0n) is 6.98. The molecule has 0 radical (unpaired) electrons. The first-order valence-corrected chi connectivity index (χ1v) is 3.84. The molecule has 0 unspecified atom stereocenters. The molecule has 0 aromatic heterocycles. The van der Waals surface area contributed by atoms with E-state index in [9.17, 15) is 4.79 Å². The molecule has 0 saturated heterocycles. The molecule has 1 fully saturated rings. The van der Waals surface area contributed by atoms with Crippen LogP contribution in [-0.2, 0) is 4.79 Å². The molecule has 1 aliphatic rings. The maximum atomic E-state index is 11.4. The van der Waals surface area contributed by atoms with Crippen LogP contribution in [-0.4, -0.2) is 24.9 Å². The van der Waals surface area contributed by atoms with Crippen LogP contribution in [0.15, 0.2) is 0 Å². The van der Waals surface area contributed by atoms with E-state index in [1.54, 1.807) is 4.90 Å². The highest BCUT2D eigenvalue weighted by Crippen LogP contribution is 2.49. The van der Waals surface area contributed by atoms with Gasteiger partial charge in [0.15, 0.2) is 0 Å². The van der Waals surface area contributed by atoms with Gasteiger partial charge in [-0.2, -0.15) is 0 Å². The van der Waals surface area contributed by atoms with Gasteiger partial charge in [-0.3, -0.25) is 4.79 Å². The predicted molar refractivity (Wildman–Crippen MR) is 40.7 cm³/mol. The molecule has 2 nitrogen and oxygen atoms in total. The van der Waals surface area contributed by atoms with E-state index in [2.05, 4.69) is 6.92 Å². The second-order valence-electron chi connectivity index (χ2n) is 3.33. The number of hydrogen-bond donors (Lipinski definition) is 0. The van der Waals surface area contributed by atoms with Crippen LogP contribution in [0.25, 0.3) is 0 Å². The minimum absolute atomic E-state index is 0.0590. The molecular formula is C8H15NO. The minimum atomic E-state index is 0.0590. The maximum absolute atomic E-state index is 11.4. The highest BCUT2D eigenvalue weighted by atomic mass is 16.2. The zero-order chi connectivity index (χ0) is 7.78. The summed E-state index contributed by atoms with van der Waals surface area (Å²) in [7, 11) is 3.66. The molecule has 0 aliphatic heterocycles. The Hall–Kier alpha value is -0.530. The lowest BCUT2D eigenvalue weighted by Crippen LogP contribution is -2.30. The van der Waals surface area contributed by atoms with Crippen molar-refractivity contribution in [2.45, 2.75) is 26.2 Å². The SMILES string of the molecule is CCC1(C(=O)N(C)C)CC1. The summed E-state index contributed by atoms with van der Waals surface area (Å²) in [5.74, 6) is 0.315. The highest BCUT2D eigenvalue weighted by molar-refractivity contribution is 5.84. The fourth-order valence-corrected chi connectivity index (χ4v) is 1.34. The van der Waals surface area contributed by atoms with Crippen LogP contribution >= 0.6 is 0 Å². The number of hydrogen-bond acceptors (Lipinski definition) is 1. The number of carbonyl (C=O) groups excluding carboxylic acids is 1. The molecule has 0 atom stereocenters. The molecule has 2 heteroatoms. The molecule has 1 aliphatic carbocycles. The number of amides is 1. The fourth-order valence-electron chi connectivity index (χ4n) is 1.34. The maximum Gasteiger partial charge on any atom is 0.228 e. The van der Waals surface area contributed by atoms with Gasteiger partial charge in [0.05, 0.1) is 0 Å². The normalized spacial score (nSPS) is 20.3. The summed E-state index contributed by atoms with van der Waals surface area (Å²) in [6.07, 6.45) is 3.20. The van der Waals surface area contributed by atoms with Crippen molar-refractivity contribution < 1.29 is 4.79 Å². The third-order valence-corrected chi connectivity index (χ3v) is 2.39. The summed E-state index contributed by atoms with van der Waals surface area (Å²) < 4.78 is 0. The third kappa shape index (κ3) is 1.02. The molecule has 0 spiro atoms. The van der Waals surface area contributed by atoms with E-state index < -0.39 is 0 Å². The van der Waals surface area contributed by atoms with E-state index in [0.29, 0.717) is 5.91 Å². The van der Waals surface area contributed by atoms with Crippen LogP contribution in [0, 0.1) is 5.41 Å². The Morgan fingerprint density at radius 1 is 1.50 bits per heavy atom. The van der Waals surface area contributed by atoms with Crippen LogP contribution in [0.4, 0.5) is 0 Å². The minimum Gasteiger partial charge on any atom is -0.348 e. The predicted octanol–water partition coefficient (Wildman–Crippen LogP) is 1.26. The van der Waals surface area contributed by atoms with Crippen LogP contribution in [0.3, 0.4) is 0 Å². The van der Waals surface area contributed by atoms with Crippen LogP contribution in [0.5, 0.6) is 0 Å². The average molecular weight is 141 g/mol. The Balaban J connectivity index is 2.56. The quantitative estimate of drug-likeness (QED) is 0.567. The molecule has 1 amide bonds. The second-order valence-corrected chi connectivity index (χ2v) is 3.33. The van der Waals surface area contributed by atoms with Gasteiger partial charge in [-0.05, 0) is 19.3 Å². The first-order valence-electron chi connectivity index (χ1n) is 3.84. The molecule has 0 aromatic rings. The van der Waals surface area contributed by atoms with E-state index in [4.69, 9.17) is 0 Å². The highest BCUT2D eigenvalue weighted by Gasteiger charge is 2.48. The largest absolute Gasteiger partial charge is 0.348 e. The van der Waals surface area contributed by atoms with Gasteiger partial charge >= 0.3 is 0 Å². The monoisotopic (exact) mass is 141 g/mol. The van der Waals surface area contributed by atoms with Crippen molar-refractivity contribution in [2.75, 3.05) is 14.1 Å². The van der Waals surface area contributed by atoms with E-state index in [1.165, 1.54) is 0 Å². The van der Waals surface area contributed by atoms with Crippen molar-refractivity contribution >= 4 is 5.91 Å². The molecule has 0 bridgehead atoms. The number of rotatable bonds is 2. The molecule has 0 aromatic carbocycles. The summed E-state index contributed by atoms with van der Waals surface area (Å²) in [5.41, 5.74) is 0.0590. The number of nitrogens with zero attached hydrogens (tertiary/aromatic N) is 1. The molecule has 0 heterocycles. The molecule has 1 saturated carbocycles. The molecule has 58 valence electrons. The van der Waals surface area contributed by atoms with E-state index in [0.717, 1.165) is 19.3 Å². The van der Waals surface area contributed by atoms with Crippen molar-refractivity contribution in [3.63, 3.8) is 0 Å². The van der Waals surface area contributed by atoms with E-state index >= 15 is 0 Å². The van der Waals surface area contributed by atoms with Crippen LogP contribution < -0.4 is 0 Å². The Bertz CT molecular complexity index is 147. The van der Waals surface area contributed by atoms with Gasteiger partial charge in [-0.15, -0.1) is 0 Å². The second kappa shape index (κ2) is 2.26. The van der Waals surface area contributed by atoms with Gasteiger partial charge in [0.1, 0.15) is 0 Å².